The number of rotatable bonds is 4. The summed E-state index contributed by atoms with van der Waals surface area (Å²) in [6.07, 6.45) is 6.42. The van der Waals surface area contributed by atoms with Crippen LogP contribution in [0.1, 0.15) is 0 Å². The van der Waals surface area contributed by atoms with Crippen LogP contribution in [0, 0.1) is 12.3 Å². The summed E-state index contributed by atoms with van der Waals surface area (Å²) in [5.74, 6) is 2.10. The van der Waals surface area contributed by atoms with Crippen molar-refractivity contribution in [2.45, 2.75) is 0 Å². The molecule has 2 nitrogen and oxygen atoms in total. The van der Waals surface area contributed by atoms with Gasteiger partial charge in [-0.3, -0.25) is 0 Å². The molecule has 0 aliphatic heterocycles. The standard InChI is InChI=1S/C6H9O2/c1-3-4-8-6-5-7-2/h4-6H2,2H3. The fraction of sp³-hybridized carbons (Fsp3) is 0.667. The second kappa shape index (κ2) is 6.48. The molecule has 8 heavy (non-hydrogen) atoms. The summed E-state index contributed by atoms with van der Waals surface area (Å²) in [7, 11) is 1.61. The molecule has 0 aromatic heterocycles. The molecule has 0 saturated carbocycles. The zero-order chi connectivity index (χ0) is 6.24. The van der Waals surface area contributed by atoms with Crippen LogP contribution in [0.2, 0.25) is 0 Å². The highest BCUT2D eigenvalue weighted by atomic mass is 16.5. The minimum absolute atomic E-state index is 0.267. The molecular formula is C6H9O2. The van der Waals surface area contributed by atoms with E-state index in [9.17, 15) is 0 Å². The molecule has 0 heterocycles. The Balaban J connectivity index is 2.65. The first-order chi connectivity index (χ1) is 3.91. The van der Waals surface area contributed by atoms with Crippen LogP contribution in [0.15, 0.2) is 0 Å². The third-order valence-electron chi connectivity index (χ3n) is 0.606. The summed E-state index contributed by atoms with van der Waals surface area (Å²) >= 11 is 0. The quantitative estimate of drug-likeness (QED) is 0.384. The van der Waals surface area contributed by atoms with Gasteiger partial charge in [0.15, 0.2) is 0 Å². The van der Waals surface area contributed by atoms with Crippen LogP contribution >= 0.6 is 0 Å². The van der Waals surface area contributed by atoms with Crippen molar-refractivity contribution < 1.29 is 9.47 Å². The van der Waals surface area contributed by atoms with E-state index in [2.05, 4.69) is 10.7 Å². The second-order valence-corrected chi connectivity index (χ2v) is 1.22. The molecule has 0 N–H and O–H groups in total. The van der Waals surface area contributed by atoms with Gasteiger partial charge in [0.05, 0.1) is 13.2 Å². The molecule has 0 saturated heterocycles. The predicted molar refractivity (Wildman–Crippen MR) is 29.8 cm³/mol. The lowest BCUT2D eigenvalue weighted by atomic mass is 10.7. The Morgan fingerprint density at radius 2 is 2.25 bits per heavy atom. The van der Waals surface area contributed by atoms with Crippen molar-refractivity contribution in [2.24, 2.45) is 0 Å². The molecule has 0 rings (SSSR count). The minimum atomic E-state index is 0.267. The largest absolute Gasteiger partial charge is 0.382 e. The number of methoxy groups -OCH3 is 1. The normalized spacial score (nSPS) is 8.50. The van der Waals surface area contributed by atoms with Gasteiger partial charge >= 0.3 is 0 Å². The zero-order valence-electron chi connectivity index (χ0n) is 4.94. The lowest BCUT2D eigenvalue weighted by Crippen LogP contribution is -2.00. The molecule has 0 unspecified atom stereocenters. The SMILES string of the molecule is [C]#CCOCCOC. The average molecular weight is 113 g/mol. The van der Waals surface area contributed by atoms with E-state index in [1.165, 1.54) is 0 Å². The maximum atomic E-state index is 6.42. The first-order valence-corrected chi connectivity index (χ1v) is 2.38. The van der Waals surface area contributed by atoms with Crippen molar-refractivity contribution >= 4 is 0 Å². The molecule has 0 aliphatic rings. The summed E-state index contributed by atoms with van der Waals surface area (Å²) in [5, 5.41) is 0. The minimum Gasteiger partial charge on any atom is -0.382 e. The van der Waals surface area contributed by atoms with Crippen LogP contribution in [0.3, 0.4) is 0 Å². The Bertz CT molecular complexity index is 73.1. The molecule has 0 bridgehead atoms. The number of hydrogen-bond donors (Lipinski definition) is 0. The van der Waals surface area contributed by atoms with E-state index in [0.29, 0.717) is 13.2 Å². The molecular weight excluding hydrogens is 104 g/mol. The van der Waals surface area contributed by atoms with Crippen molar-refractivity contribution in [3.05, 3.63) is 6.42 Å². The topological polar surface area (TPSA) is 18.5 Å². The van der Waals surface area contributed by atoms with Gasteiger partial charge in [-0.2, -0.15) is 0 Å². The van der Waals surface area contributed by atoms with Crippen molar-refractivity contribution in [2.75, 3.05) is 26.9 Å². The first kappa shape index (κ1) is 7.48. The van der Waals surface area contributed by atoms with Gasteiger partial charge in [0.2, 0.25) is 0 Å². The lowest BCUT2D eigenvalue weighted by Gasteiger charge is -1.95. The Morgan fingerprint density at radius 3 is 2.75 bits per heavy atom. The summed E-state index contributed by atoms with van der Waals surface area (Å²) in [4.78, 5) is 0. The Morgan fingerprint density at radius 1 is 1.50 bits per heavy atom. The first-order valence-electron chi connectivity index (χ1n) is 2.38. The molecule has 2 heteroatoms. The molecule has 45 valence electrons. The van der Waals surface area contributed by atoms with Crippen molar-refractivity contribution in [1.82, 2.24) is 0 Å². The predicted octanol–water partition coefficient (Wildman–Crippen LogP) is 0.239. The van der Waals surface area contributed by atoms with Crippen LogP contribution in [0.4, 0.5) is 0 Å². The monoisotopic (exact) mass is 113 g/mol. The Hall–Kier alpha value is -0.520. The molecule has 0 aromatic rings. The van der Waals surface area contributed by atoms with Crippen LogP contribution in [-0.2, 0) is 9.47 Å². The van der Waals surface area contributed by atoms with Gasteiger partial charge in [-0.1, -0.05) is 5.92 Å². The number of ether oxygens (including phenoxy) is 2. The molecule has 0 aromatic carbocycles. The summed E-state index contributed by atoms with van der Waals surface area (Å²) in [6, 6.07) is 0. The van der Waals surface area contributed by atoms with Crippen molar-refractivity contribution in [1.29, 1.82) is 0 Å². The molecule has 0 spiro atoms. The molecule has 0 amide bonds. The van der Waals surface area contributed by atoms with Gasteiger partial charge in [0.25, 0.3) is 0 Å². The maximum Gasteiger partial charge on any atom is 0.108 e. The number of hydrogen-bond acceptors (Lipinski definition) is 2. The van der Waals surface area contributed by atoms with Gasteiger partial charge < -0.3 is 9.47 Å². The second-order valence-electron chi connectivity index (χ2n) is 1.22. The van der Waals surface area contributed by atoms with Crippen molar-refractivity contribution in [3.8, 4) is 5.92 Å². The summed E-state index contributed by atoms with van der Waals surface area (Å²) in [5.41, 5.74) is 0. The Labute approximate surface area is 49.8 Å². The van der Waals surface area contributed by atoms with Gasteiger partial charge in [-0.15, -0.1) is 0 Å². The average Bonchev–Trinajstić information content (AvgIpc) is 1.81. The lowest BCUT2D eigenvalue weighted by molar-refractivity contribution is 0.0877. The van der Waals surface area contributed by atoms with E-state index in [4.69, 9.17) is 11.2 Å². The van der Waals surface area contributed by atoms with Crippen LogP contribution < -0.4 is 0 Å². The molecule has 1 radical (unpaired) electrons. The molecule has 0 aliphatic carbocycles. The van der Waals surface area contributed by atoms with Gasteiger partial charge in [-0.05, 0) is 6.42 Å². The third-order valence-corrected chi connectivity index (χ3v) is 0.606. The van der Waals surface area contributed by atoms with E-state index in [1.807, 2.05) is 0 Å². The van der Waals surface area contributed by atoms with E-state index in [0.717, 1.165) is 0 Å². The van der Waals surface area contributed by atoms with Gasteiger partial charge in [0, 0.05) is 7.11 Å². The van der Waals surface area contributed by atoms with E-state index >= 15 is 0 Å². The highest BCUT2D eigenvalue weighted by molar-refractivity contribution is 4.73. The van der Waals surface area contributed by atoms with Crippen LogP contribution in [-0.4, -0.2) is 26.9 Å². The summed E-state index contributed by atoms with van der Waals surface area (Å²) < 4.78 is 9.47. The van der Waals surface area contributed by atoms with Crippen molar-refractivity contribution in [3.63, 3.8) is 0 Å². The smallest absolute Gasteiger partial charge is 0.108 e. The van der Waals surface area contributed by atoms with E-state index in [1.54, 1.807) is 7.11 Å². The van der Waals surface area contributed by atoms with E-state index < -0.39 is 0 Å². The van der Waals surface area contributed by atoms with E-state index in [-0.39, 0.29) is 6.61 Å². The zero-order valence-corrected chi connectivity index (χ0v) is 4.94. The highest BCUT2D eigenvalue weighted by Gasteiger charge is 1.80. The Kier molecular flexibility index (Phi) is 6.06. The van der Waals surface area contributed by atoms with Gasteiger partial charge in [0.1, 0.15) is 6.61 Å². The maximum absolute atomic E-state index is 6.42. The third kappa shape index (κ3) is 5.48. The molecule has 0 atom stereocenters. The highest BCUT2D eigenvalue weighted by Crippen LogP contribution is 1.72. The fourth-order valence-electron chi connectivity index (χ4n) is 0.265. The van der Waals surface area contributed by atoms with Crippen LogP contribution in [0.5, 0.6) is 0 Å². The fourth-order valence-corrected chi connectivity index (χ4v) is 0.265. The summed E-state index contributed by atoms with van der Waals surface area (Å²) in [6.45, 7) is 1.40. The van der Waals surface area contributed by atoms with Gasteiger partial charge in [-0.25, -0.2) is 0 Å². The van der Waals surface area contributed by atoms with Crippen LogP contribution in [0.25, 0.3) is 0 Å². The molecule has 0 fully saturated rings.